The predicted molar refractivity (Wildman–Crippen MR) is 87.3 cm³/mol. The maximum absolute atomic E-state index is 13.6. The van der Waals surface area contributed by atoms with Gasteiger partial charge < -0.3 is 4.74 Å². The molecule has 2 saturated carbocycles. The third kappa shape index (κ3) is 6.73. The molecule has 24 heavy (non-hydrogen) atoms. The largest absolute Gasteiger partial charge is 0.412 e. The summed E-state index contributed by atoms with van der Waals surface area (Å²) < 4.78 is 56.2. The first kappa shape index (κ1) is 19.7. The smallest absolute Gasteiger partial charge is 0.378 e. The summed E-state index contributed by atoms with van der Waals surface area (Å²) in [5.41, 5.74) is 0. The van der Waals surface area contributed by atoms with E-state index in [1.165, 1.54) is 25.7 Å². The molecule has 0 unspecified atom stereocenters. The first-order chi connectivity index (χ1) is 11.4. The summed E-state index contributed by atoms with van der Waals surface area (Å²) in [7, 11) is 0. The van der Waals surface area contributed by atoms with E-state index < -0.39 is 17.9 Å². The number of hydrogen-bond acceptors (Lipinski definition) is 1. The van der Waals surface area contributed by atoms with E-state index in [1.54, 1.807) is 0 Å². The topological polar surface area (TPSA) is 9.23 Å². The van der Waals surface area contributed by atoms with Crippen molar-refractivity contribution in [3.63, 3.8) is 0 Å². The summed E-state index contributed by atoms with van der Waals surface area (Å²) in [6.07, 6.45) is 5.44. The van der Waals surface area contributed by atoms with Crippen LogP contribution in [0.15, 0.2) is 11.9 Å². The molecule has 2 fully saturated rings. The Labute approximate surface area is 142 Å². The summed E-state index contributed by atoms with van der Waals surface area (Å²) in [4.78, 5) is 0. The van der Waals surface area contributed by atoms with Gasteiger partial charge in [0.1, 0.15) is 5.83 Å². The SMILES string of the molecule is CCCC1CCC(OCC2CCC(C(F)=CC(F)(F)F)CC2)CC1. The van der Waals surface area contributed by atoms with E-state index in [0.717, 1.165) is 31.6 Å². The second kappa shape index (κ2) is 9.21. The normalized spacial score (nSPS) is 32.8. The highest BCUT2D eigenvalue weighted by atomic mass is 19.4. The molecule has 0 aromatic rings. The van der Waals surface area contributed by atoms with Crippen molar-refractivity contribution in [1.82, 2.24) is 0 Å². The highest BCUT2D eigenvalue weighted by Crippen LogP contribution is 2.36. The monoisotopic (exact) mass is 350 g/mol. The van der Waals surface area contributed by atoms with Gasteiger partial charge in [0.25, 0.3) is 0 Å². The molecule has 140 valence electrons. The van der Waals surface area contributed by atoms with Gasteiger partial charge in [0.05, 0.1) is 12.2 Å². The Kier molecular flexibility index (Phi) is 7.58. The minimum atomic E-state index is -4.55. The van der Waals surface area contributed by atoms with Gasteiger partial charge in [-0.1, -0.05) is 19.8 Å². The zero-order chi connectivity index (χ0) is 17.6. The van der Waals surface area contributed by atoms with Crippen molar-refractivity contribution < 1.29 is 22.3 Å². The van der Waals surface area contributed by atoms with Crippen molar-refractivity contribution in [2.75, 3.05) is 6.61 Å². The minimum absolute atomic E-state index is 0.177. The van der Waals surface area contributed by atoms with E-state index in [2.05, 4.69) is 6.92 Å². The Morgan fingerprint density at radius 3 is 2.08 bits per heavy atom. The van der Waals surface area contributed by atoms with Crippen LogP contribution in [-0.2, 0) is 4.74 Å². The van der Waals surface area contributed by atoms with Crippen molar-refractivity contribution >= 4 is 0 Å². The fourth-order valence-corrected chi connectivity index (χ4v) is 4.15. The molecule has 0 radical (unpaired) electrons. The lowest BCUT2D eigenvalue weighted by atomic mass is 9.81. The Morgan fingerprint density at radius 2 is 1.54 bits per heavy atom. The summed E-state index contributed by atoms with van der Waals surface area (Å²) in [5.74, 6) is -0.342. The molecule has 0 aliphatic heterocycles. The van der Waals surface area contributed by atoms with Gasteiger partial charge in [0.2, 0.25) is 0 Å². The van der Waals surface area contributed by atoms with Gasteiger partial charge in [-0.15, -0.1) is 0 Å². The fraction of sp³-hybridized carbons (Fsp3) is 0.895. The maximum atomic E-state index is 13.6. The zero-order valence-corrected chi connectivity index (χ0v) is 14.6. The van der Waals surface area contributed by atoms with Crippen LogP contribution in [0.1, 0.15) is 71.1 Å². The number of hydrogen-bond donors (Lipinski definition) is 0. The maximum Gasteiger partial charge on any atom is 0.412 e. The van der Waals surface area contributed by atoms with E-state index in [4.69, 9.17) is 4.74 Å². The van der Waals surface area contributed by atoms with Gasteiger partial charge in [0, 0.05) is 12.5 Å². The van der Waals surface area contributed by atoms with E-state index in [-0.39, 0.29) is 6.08 Å². The predicted octanol–water partition coefficient (Wildman–Crippen LogP) is 6.58. The number of ether oxygens (including phenoxy) is 1. The van der Waals surface area contributed by atoms with Crippen molar-refractivity contribution in [3.05, 3.63) is 11.9 Å². The van der Waals surface area contributed by atoms with Crippen LogP contribution in [0.2, 0.25) is 0 Å². The number of allylic oxidation sites excluding steroid dienone is 2. The zero-order valence-electron chi connectivity index (χ0n) is 14.6. The Morgan fingerprint density at radius 1 is 0.958 bits per heavy atom. The number of alkyl halides is 3. The first-order valence-corrected chi connectivity index (χ1v) is 9.44. The lowest BCUT2D eigenvalue weighted by molar-refractivity contribution is -0.0822. The summed E-state index contributed by atoms with van der Waals surface area (Å²) >= 11 is 0. The summed E-state index contributed by atoms with van der Waals surface area (Å²) in [5, 5.41) is 0. The van der Waals surface area contributed by atoms with E-state index in [1.807, 2.05) is 0 Å². The molecule has 0 atom stereocenters. The third-order valence-electron chi connectivity index (χ3n) is 5.60. The highest BCUT2D eigenvalue weighted by Gasteiger charge is 2.31. The second-order valence-electron chi connectivity index (χ2n) is 7.55. The molecule has 1 nitrogen and oxygen atoms in total. The fourth-order valence-electron chi connectivity index (χ4n) is 4.15. The van der Waals surface area contributed by atoms with Crippen molar-refractivity contribution in [1.29, 1.82) is 0 Å². The van der Waals surface area contributed by atoms with Crippen LogP contribution in [0, 0.1) is 17.8 Å². The van der Waals surface area contributed by atoms with Crippen LogP contribution >= 0.6 is 0 Å². The molecule has 2 aliphatic rings. The third-order valence-corrected chi connectivity index (χ3v) is 5.60. The lowest BCUT2D eigenvalue weighted by Crippen LogP contribution is -2.26. The summed E-state index contributed by atoms with van der Waals surface area (Å²) in [6.45, 7) is 2.91. The molecule has 0 bridgehead atoms. The van der Waals surface area contributed by atoms with E-state index in [9.17, 15) is 17.6 Å². The molecule has 2 aliphatic carbocycles. The Balaban J connectivity index is 1.64. The van der Waals surface area contributed by atoms with E-state index in [0.29, 0.717) is 31.5 Å². The van der Waals surface area contributed by atoms with Gasteiger partial charge in [-0.05, 0) is 63.2 Å². The van der Waals surface area contributed by atoms with Crippen molar-refractivity contribution in [3.8, 4) is 0 Å². The van der Waals surface area contributed by atoms with Crippen molar-refractivity contribution in [2.24, 2.45) is 17.8 Å². The van der Waals surface area contributed by atoms with Crippen LogP contribution in [0.25, 0.3) is 0 Å². The molecule has 0 spiro atoms. The number of rotatable bonds is 6. The molecule has 0 saturated heterocycles. The van der Waals surface area contributed by atoms with Crippen LogP contribution in [-0.4, -0.2) is 18.9 Å². The van der Waals surface area contributed by atoms with Gasteiger partial charge in [-0.2, -0.15) is 13.2 Å². The van der Waals surface area contributed by atoms with Crippen molar-refractivity contribution in [2.45, 2.75) is 83.4 Å². The quantitative estimate of drug-likeness (QED) is 0.491. The van der Waals surface area contributed by atoms with Gasteiger partial charge in [-0.3, -0.25) is 0 Å². The Bertz CT molecular complexity index is 389. The van der Waals surface area contributed by atoms with E-state index >= 15 is 0 Å². The standard InChI is InChI=1S/C19H30F4O/c1-2-3-14-6-10-17(11-7-14)24-13-15-4-8-16(9-5-15)18(20)12-19(21,22)23/h12,14-17H,2-11,13H2,1H3. The molecule has 0 aromatic carbocycles. The van der Waals surface area contributed by atoms with Gasteiger partial charge in [0.15, 0.2) is 0 Å². The Hall–Kier alpha value is -0.580. The molecule has 0 amide bonds. The molecule has 0 N–H and O–H groups in total. The highest BCUT2D eigenvalue weighted by molar-refractivity contribution is 5.03. The minimum Gasteiger partial charge on any atom is -0.378 e. The average molecular weight is 350 g/mol. The summed E-state index contributed by atoms with van der Waals surface area (Å²) in [6, 6.07) is 0. The molecular formula is C19H30F4O. The molecular weight excluding hydrogens is 320 g/mol. The van der Waals surface area contributed by atoms with Crippen LogP contribution < -0.4 is 0 Å². The van der Waals surface area contributed by atoms with Crippen LogP contribution in [0.5, 0.6) is 0 Å². The van der Waals surface area contributed by atoms with Gasteiger partial charge in [-0.25, -0.2) is 4.39 Å². The van der Waals surface area contributed by atoms with Crippen LogP contribution in [0.3, 0.4) is 0 Å². The molecule has 2 rings (SSSR count). The van der Waals surface area contributed by atoms with Crippen LogP contribution in [0.4, 0.5) is 17.6 Å². The first-order valence-electron chi connectivity index (χ1n) is 9.44. The molecule has 5 heteroatoms. The second-order valence-corrected chi connectivity index (χ2v) is 7.55. The van der Waals surface area contributed by atoms with Gasteiger partial charge >= 0.3 is 6.18 Å². The average Bonchev–Trinajstić information content (AvgIpc) is 2.53. The lowest BCUT2D eigenvalue weighted by Gasteiger charge is -2.32. The molecule has 0 heterocycles. The number of halogens is 4. The molecule has 0 aromatic heterocycles.